The Morgan fingerprint density at radius 2 is 2.16 bits per heavy atom. The number of fused-ring (bicyclic) bond motifs is 1. The van der Waals surface area contributed by atoms with Crippen LogP contribution in [0.15, 0.2) is 12.3 Å². The van der Waals surface area contributed by atoms with Crippen LogP contribution in [0, 0.1) is 0 Å². The van der Waals surface area contributed by atoms with E-state index < -0.39 is 5.97 Å². The Morgan fingerprint density at radius 3 is 2.84 bits per heavy atom. The third kappa shape index (κ3) is 2.08. The van der Waals surface area contributed by atoms with E-state index in [9.17, 15) is 4.79 Å². The van der Waals surface area contributed by atoms with Crippen LogP contribution in [0.2, 0.25) is 5.02 Å². The van der Waals surface area contributed by atoms with Crippen LogP contribution in [0.4, 0.5) is 0 Å². The molecule has 0 bridgehead atoms. The standard InChI is InChI=1S/C13H14ClN3O2/c1-19-13(18)9-6-10(14)12-16-15-11(17(12)7-9)8-4-2-3-5-8/h6-8H,2-5H2,1H3. The molecule has 0 atom stereocenters. The highest BCUT2D eigenvalue weighted by Gasteiger charge is 2.23. The average Bonchev–Trinajstić information content (AvgIpc) is 3.05. The van der Waals surface area contributed by atoms with Crippen molar-refractivity contribution in [2.75, 3.05) is 7.11 Å². The molecule has 2 aromatic rings. The molecular weight excluding hydrogens is 266 g/mol. The molecule has 1 fully saturated rings. The lowest BCUT2D eigenvalue weighted by molar-refractivity contribution is 0.0600. The van der Waals surface area contributed by atoms with Crippen LogP contribution in [-0.4, -0.2) is 27.7 Å². The predicted octanol–water partition coefficient (Wildman–Crippen LogP) is 2.83. The zero-order valence-corrected chi connectivity index (χ0v) is 11.4. The van der Waals surface area contributed by atoms with Crippen LogP contribution in [-0.2, 0) is 4.74 Å². The molecule has 0 amide bonds. The summed E-state index contributed by atoms with van der Waals surface area (Å²) in [5, 5.41) is 8.78. The topological polar surface area (TPSA) is 56.5 Å². The van der Waals surface area contributed by atoms with Gasteiger partial charge in [-0.3, -0.25) is 4.40 Å². The summed E-state index contributed by atoms with van der Waals surface area (Å²) in [6.45, 7) is 0. The van der Waals surface area contributed by atoms with Crippen LogP contribution in [0.5, 0.6) is 0 Å². The maximum absolute atomic E-state index is 11.6. The Balaban J connectivity index is 2.14. The van der Waals surface area contributed by atoms with Crippen LogP contribution < -0.4 is 0 Å². The Kier molecular flexibility index (Phi) is 3.14. The molecule has 2 heterocycles. The maximum atomic E-state index is 11.6. The number of pyridine rings is 1. The monoisotopic (exact) mass is 279 g/mol. The molecule has 0 spiro atoms. The Bertz CT molecular complexity index is 632. The van der Waals surface area contributed by atoms with E-state index in [2.05, 4.69) is 10.2 Å². The van der Waals surface area contributed by atoms with Gasteiger partial charge in [0, 0.05) is 12.1 Å². The number of halogens is 1. The minimum Gasteiger partial charge on any atom is -0.465 e. The first kappa shape index (κ1) is 12.4. The number of ether oxygens (including phenoxy) is 1. The molecule has 0 saturated heterocycles. The molecular formula is C13H14ClN3O2. The molecule has 0 aromatic carbocycles. The van der Waals surface area contributed by atoms with Gasteiger partial charge in [0.05, 0.1) is 17.7 Å². The second-order valence-electron chi connectivity index (χ2n) is 4.80. The Morgan fingerprint density at radius 1 is 1.42 bits per heavy atom. The van der Waals surface area contributed by atoms with Crippen molar-refractivity contribution in [3.05, 3.63) is 28.7 Å². The van der Waals surface area contributed by atoms with E-state index in [4.69, 9.17) is 16.3 Å². The summed E-state index contributed by atoms with van der Waals surface area (Å²) in [6, 6.07) is 1.57. The minimum atomic E-state index is -0.408. The SMILES string of the molecule is COC(=O)c1cc(Cl)c2nnc(C3CCCC3)n2c1. The normalized spacial score (nSPS) is 16.1. The first-order chi connectivity index (χ1) is 9.20. The van der Waals surface area contributed by atoms with E-state index >= 15 is 0 Å². The molecule has 0 unspecified atom stereocenters. The number of carbonyl (C=O) groups is 1. The third-order valence-electron chi connectivity index (χ3n) is 3.63. The Hall–Kier alpha value is -1.62. The molecule has 0 N–H and O–H groups in total. The number of hydrogen-bond acceptors (Lipinski definition) is 4. The van der Waals surface area contributed by atoms with E-state index in [-0.39, 0.29) is 0 Å². The number of rotatable bonds is 2. The van der Waals surface area contributed by atoms with Crippen LogP contribution in [0.3, 0.4) is 0 Å². The second-order valence-corrected chi connectivity index (χ2v) is 5.21. The van der Waals surface area contributed by atoms with Crippen molar-refractivity contribution in [2.45, 2.75) is 31.6 Å². The molecule has 0 aliphatic heterocycles. The van der Waals surface area contributed by atoms with Gasteiger partial charge in [-0.05, 0) is 18.9 Å². The van der Waals surface area contributed by atoms with E-state index in [0.717, 1.165) is 18.7 Å². The fourth-order valence-corrected chi connectivity index (χ4v) is 2.91. The molecule has 2 aromatic heterocycles. The molecule has 1 aliphatic carbocycles. The van der Waals surface area contributed by atoms with Crippen molar-refractivity contribution in [3.63, 3.8) is 0 Å². The van der Waals surface area contributed by atoms with Crippen molar-refractivity contribution in [2.24, 2.45) is 0 Å². The summed E-state index contributed by atoms with van der Waals surface area (Å²) in [7, 11) is 1.35. The van der Waals surface area contributed by atoms with Crippen molar-refractivity contribution in [3.8, 4) is 0 Å². The van der Waals surface area contributed by atoms with E-state index in [1.807, 2.05) is 4.40 Å². The highest BCUT2D eigenvalue weighted by molar-refractivity contribution is 6.33. The van der Waals surface area contributed by atoms with E-state index in [1.165, 1.54) is 20.0 Å². The van der Waals surface area contributed by atoms with Crippen molar-refractivity contribution in [1.82, 2.24) is 14.6 Å². The van der Waals surface area contributed by atoms with Crippen molar-refractivity contribution in [1.29, 1.82) is 0 Å². The number of carbonyl (C=O) groups excluding carboxylic acids is 1. The number of hydrogen-bond donors (Lipinski definition) is 0. The fourth-order valence-electron chi connectivity index (χ4n) is 2.66. The molecule has 19 heavy (non-hydrogen) atoms. The van der Waals surface area contributed by atoms with Gasteiger partial charge in [-0.25, -0.2) is 4.79 Å². The number of esters is 1. The predicted molar refractivity (Wildman–Crippen MR) is 70.5 cm³/mol. The first-order valence-corrected chi connectivity index (χ1v) is 6.71. The highest BCUT2D eigenvalue weighted by Crippen LogP contribution is 2.34. The molecule has 1 saturated carbocycles. The van der Waals surface area contributed by atoms with Gasteiger partial charge >= 0.3 is 5.97 Å². The molecule has 100 valence electrons. The number of aromatic nitrogens is 3. The van der Waals surface area contributed by atoms with Crippen LogP contribution in [0.1, 0.15) is 47.8 Å². The third-order valence-corrected chi connectivity index (χ3v) is 3.91. The van der Waals surface area contributed by atoms with E-state index in [1.54, 1.807) is 12.3 Å². The van der Waals surface area contributed by atoms with E-state index in [0.29, 0.717) is 22.2 Å². The van der Waals surface area contributed by atoms with Gasteiger partial charge in [0.15, 0.2) is 5.65 Å². The van der Waals surface area contributed by atoms with Gasteiger partial charge in [-0.1, -0.05) is 24.4 Å². The van der Waals surface area contributed by atoms with Crippen LogP contribution in [0.25, 0.3) is 5.65 Å². The zero-order chi connectivity index (χ0) is 13.4. The minimum absolute atomic E-state index is 0.402. The summed E-state index contributed by atoms with van der Waals surface area (Å²) in [4.78, 5) is 11.6. The fraction of sp³-hybridized carbons (Fsp3) is 0.462. The highest BCUT2D eigenvalue weighted by atomic mass is 35.5. The lowest BCUT2D eigenvalue weighted by Gasteiger charge is -2.08. The smallest absolute Gasteiger partial charge is 0.339 e. The number of nitrogens with zero attached hydrogens (tertiary/aromatic N) is 3. The molecule has 1 aliphatic rings. The second kappa shape index (κ2) is 4.81. The van der Waals surface area contributed by atoms with Gasteiger partial charge in [-0.2, -0.15) is 0 Å². The van der Waals surface area contributed by atoms with Gasteiger partial charge < -0.3 is 4.74 Å². The van der Waals surface area contributed by atoms with Gasteiger partial charge in [0.25, 0.3) is 0 Å². The van der Waals surface area contributed by atoms with Crippen LogP contribution >= 0.6 is 11.6 Å². The quantitative estimate of drug-likeness (QED) is 0.793. The molecule has 0 radical (unpaired) electrons. The average molecular weight is 280 g/mol. The lowest BCUT2D eigenvalue weighted by atomic mass is 10.1. The van der Waals surface area contributed by atoms with Crippen molar-refractivity contribution >= 4 is 23.2 Å². The van der Waals surface area contributed by atoms with Gasteiger partial charge in [0.2, 0.25) is 0 Å². The first-order valence-electron chi connectivity index (χ1n) is 6.33. The zero-order valence-electron chi connectivity index (χ0n) is 10.6. The van der Waals surface area contributed by atoms with Crippen molar-refractivity contribution < 1.29 is 9.53 Å². The molecule has 3 rings (SSSR count). The number of methoxy groups -OCH3 is 1. The Labute approximate surface area is 115 Å². The van der Waals surface area contributed by atoms with Gasteiger partial charge in [-0.15, -0.1) is 10.2 Å². The molecule has 6 heteroatoms. The maximum Gasteiger partial charge on any atom is 0.339 e. The molecule has 5 nitrogen and oxygen atoms in total. The summed E-state index contributed by atoms with van der Waals surface area (Å²) < 4.78 is 6.55. The van der Waals surface area contributed by atoms with Gasteiger partial charge in [0.1, 0.15) is 5.82 Å². The largest absolute Gasteiger partial charge is 0.465 e. The summed E-state index contributed by atoms with van der Waals surface area (Å²) in [6.07, 6.45) is 6.36. The summed E-state index contributed by atoms with van der Waals surface area (Å²) in [5.41, 5.74) is 1.01. The lowest BCUT2D eigenvalue weighted by Crippen LogP contribution is -2.06. The summed E-state index contributed by atoms with van der Waals surface area (Å²) >= 11 is 6.15. The summed E-state index contributed by atoms with van der Waals surface area (Å²) in [5.74, 6) is 0.883.